The van der Waals surface area contributed by atoms with Crippen molar-refractivity contribution in [3.8, 4) is 0 Å². The highest BCUT2D eigenvalue weighted by Crippen LogP contribution is 2.21. The molecule has 1 N–H and O–H groups in total. The van der Waals surface area contributed by atoms with E-state index < -0.39 is 0 Å². The summed E-state index contributed by atoms with van der Waals surface area (Å²) in [6.45, 7) is 3.70. The number of hydrogen-bond acceptors (Lipinski definition) is 3. The molecule has 0 saturated carbocycles. The summed E-state index contributed by atoms with van der Waals surface area (Å²) in [6, 6.07) is 13.0. The molecule has 2 rings (SSSR count). The fourth-order valence-corrected chi connectivity index (χ4v) is 2.82. The smallest absolute Gasteiger partial charge is 0.226 e. The van der Waals surface area contributed by atoms with Gasteiger partial charge in [0.15, 0.2) is 0 Å². The van der Waals surface area contributed by atoms with Gasteiger partial charge in [0.1, 0.15) is 0 Å². The molecule has 5 nitrogen and oxygen atoms in total. The molecule has 0 fully saturated rings. The summed E-state index contributed by atoms with van der Waals surface area (Å²) >= 11 is 5.93. The number of rotatable bonds is 6. The summed E-state index contributed by atoms with van der Waals surface area (Å²) in [7, 11) is 3.92. The maximum atomic E-state index is 12.3. The first-order chi connectivity index (χ1) is 12.3. The first-order valence-electron chi connectivity index (χ1n) is 8.39. The van der Waals surface area contributed by atoms with E-state index in [9.17, 15) is 9.59 Å². The molecule has 0 aliphatic carbocycles. The third-order valence-corrected chi connectivity index (χ3v) is 4.32. The maximum absolute atomic E-state index is 12.3. The van der Waals surface area contributed by atoms with Crippen LogP contribution in [0.2, 0.25) is 5.02 Å². The molecular formula is C20H24ClN3O2. The van der Waals surface area contributed by atoms with Crippen molar-refractivity contribution in [2.45, 2.75) is 20.3 Å². The lowest BCUT2D eigenvalue weighted by atomic mass is 10.2. The summed E-state index contributed by atoms with van der Waals surface area (Å²) in [5.41, 5.74) is 3.45. The van der Waals surface area contributed by atoms with Crippen LogP contribution in [0.4, 0.5) is 17.1 Å². The molecule has 0 radical (unpaired) electrons. The van der Waals surface area contributed by atoms with Gasteiger partial charge >= 0.3 is 0 Å². The number of nitrogens with zero attached hydrogens (tertiary/aromatic N) is 2. The van der Waals surface area contributed by atoms with Gasteiger partial charge in [-0.25, -0.2) is 0 Å². The van der Waals surface area contributed by atoms with Gasteiger partial charge in [-0.2, -0.15) is 0 Å². The molecule has 0 bridgehead atoms. The molecule has 26 heavy (non-hydrogen) atoms. The Bertz CT molecular complexity index is 788. The Morgan fingerprint density at radius 2 is 1.65 bits per heavy atom. The van der Waals surface area contributed by atoms with Crippen LogP contribution in [-0.4, -0.2) is 32.5 Å². The molecule has 0 aliphatic rings. The number of carbonyl (C=O) groups excluding carboxylic acids is 2. The quantitative estimate of drug-likeness (QED) is 0.829. The van der Waals surface area contributed by atoms with Gasteiger partial charge in [0.05, 0.1) is 0 Å². The molecular weight excluding hydrogens is 350 g/mol. The average molecular weight is 374 g/mol. The average Bonchev–Trinajstić information content (AvgIpc) is 2.57. The SMILES string of the molecule is CC(=O)N(CCC(=O)Nc1ccc(Cl)cc1C)c1ccc(N(C)C)cc1. The zero-order valence-electron chi connectivity index (χ0n) is 15.5. The molecule has 0 saturated heterocycles. The second-order valence-electron chi connectivity index (χ2n) is 6.34. The van der Waals surface area contributed by atoms with E-state index in [-0.39, 0.29) is 18.2 Å². The highest BCUT2D eigenvalue weighted by atomic mass is 35.5. The number of carbonyl (C=O) groups is 2. The molecule has 6 heteroatoms. The largest absolute Gasteiger partial charge is 0.378 e. The van der Waals surface area contributed by atoms with E-state index in [1.54, 1.807) is 23.1 Å². The van der Waals surface area contributed by atoms with Crippen LogP contribution in [0.3, 0.4) is 0 Å². The van der Waals surface area contributed by atoms with Crippen LogP contribution in [0.1, 0.15) is 18.9 Å². The van der Waals surface area contributed by atoms with Crippen molar-refractivity contribution < 1.29 is 9.59 Å². The number of amides is 2. The Hall–Kier alpha value is -2.53. The molecule has 2 aromatic carbocycles. The van der Waals surface area contributed by atoms with Gasteiger partial charge in [0, 0.05) is 56.1 Å². The highest BCUT2D eigenvalue weighted by molar-refractivity contribution is 6.30. The van der Waals surface area contributed by atoms with Crippen LogP contribution in [-0.2, 0) is 9.59 Å². The van der Waals surface area contributed by atoms with E-state index in [1.165, 1.54) is 6.92 Å². The van der Waals surface area contributed by atoms with Crippen molar-refractivity contribution in [2.24, 2.45) is 0 Å². The number of aryl methyl sites for hydroxylation is 1. The summed E-state index contributed by atoms with van der Waals surface area (Å²) in [5.74, 6) is -0.246. The Morgan fingerprint density at radius 1 is 1.04 bits per heavy atom. The number of nitrogens with one attached hydrogen (secondary N) is 1. The van der Waals surface area contributed by atoms with Crippen molar-refractivity contribution in [1.82, 2.24) is 0 Å². The van der Waals surface area contributed by atoms with E-state index >= 15 is 0 Å². The molecule has 0 unspecified atom stereocenters. The van der Waals surface area contributed by atoms with E-state index in [0.717, 1.165) is 22.6 Å². The molecule has 2 aromatic rings. The van der Waals surface area contributed by atoms with Crippen LogP contribution >= 0.6 is 11.6 Å². The normalized spacial score (nSPS) is 10.3. The van der Waals surface area contributed by atoms with Gasteiger partial charge in [0.25, 0.3) is 0 Å². The first kappa shape index (κ1) is 19.8. The molecule has 0 aliphatic heterocycles. The molecule has 138 valence electrons. The van der Waals surface area contributed by atoms with Crippen LogP contribution in [0.15, 0.2) is 42.5 Å². The van der Waals surface area contributed by atoms with E-state index in [0.29, 0.717) is 11.6 Å². The standard InChI is InChI=1S/C20H24ClN3O2/c1-14-13-16(21)5-10-19(14)22-20(26)11-12-24(15(2)25)18-8-6-17(7-9-18)23(3)4/h5-10,13H,11-12H2,1-4H3,(H,22,26). The molecule has 0 atom stereocenters. The zero-order chi connectivity index (χ0) is 19.3. The minimum atomic E-state index is -0.147. The van der Waals surface area contributed by atoms with Gasteiger partial charge in [-0.1, -0.05) is 11.6 Å². The van der Waals surface area contributed by atoms with Crippen molar-refractivity contribution in [3.05, 3.63) is 53.1 Å². The predicted molar refractivity (Wildman–Crippen MR) is 108 cm³/mol. The van der Waals surface area contributed by atoms with Crippen LogP contribution < -0.4 is 15.1 Å². The minimum absolute atomic E-state index is 0.0990. The number of halogens is 1. The van der Waals surface area contributed by atoms with Gasteiger partial charge < -0.3 is 15.1 Å². The third-order valence-electron chi connectivity index (χ3n) is 4.08. The van der Waals surface area contributed by atoms with E-state index in [1.807, 2.05) is 50.2 Å². The Kier molecular flexibility index (Phi) is 6.64. The number of anilines is 3. The minimum Gasteiger partial charge on any atom is -0.378 e. The zero-order valence-corrected chi connectivity index (χ0v) is 16.3. The lowest BCUT2D eigenvalue weighted by molar-refractivity contribution is -0.117. The van der Waals surface area contributed by atoms with Gasteiger partial charge in [-0.05, 0) is 55.0 Å². The van der Waals surface area contributed by atoms with Crippen molar-refractivity contribution >= 4 is 40.5 Å². The molecule has 2 amide bonds. The lowest BCUT2D eigenvalue weighted by Crippen LogP contribution is -2.32. The van der Waals surface area contributed by atoms with Crippen molar-refractivity contribution in [2.75, 3.05) is 35.8 Å². The van der Waals surface area contributed by atoms with Crippen molar-refractivity contribution in [1.29, 1.82) is 0 Å². The molecule has 0 aromatic heterocycles. The highest BCUT2D eigenvalue weighted by Gasteiger charge is 2.14. The van der Waals surface area contributed by atoms with Crippen LogP contribution in [0, 0.1) is 6.92 Å². The van der Waals surface area contributed by atoms with Gasteiger partial charge in [0.2, 0.25) is 11.8 Å². The summed E-state index contributed by atoms with van der Waals surface area (Å²) < 4.78 is 0. The second kappa shape index (κ2) is 8.72. The van der Waals surface area contributed by atoms with Crippen LogP contribution in [0.5, 0.6) is 0 Å². The summed E-state index contributed by atoms with van der Waals surface area (Å²) in [6.07, 6.45) is 0.205. The van der Waals surface area contributed by atoms with Crippen LogP contribution in [0.25, 0.3) is 0 Å². The first-order valence-corrected chi connectivity index (χ1v) is 8.77. The third kappa shape index (κ3) is 5.23. The predicted octanol–water partition coefficient (Wildman–Crippen LogP) is 4.10. The lowest BCUT2D eigenvalue weighted by Gasteiger charge is -2.22. The Balaban J connectivity index is 2.01. The maximum Gasteiger partial charge on any atom is 0.226 e. The Labute approximate surface area is 159 Å². The fourth-order valence-electron chi connectivity index (χ4n) is 2.59. The summed E-state index contributed by atoms with van der Waals surface area (Å²) in [5, 5.41) is 3.49. The number of benzene rings is 2. The Morgan fingerprint density at radius 3 is 2.19 bits per heavy atom. The second-order valence-corrected chi connectivity index (χ2v) is 6.78. The van der Waals surface area contributed by atoms with E-state index in [2.05, 4.69) is 5.32 Å². The van der Waals surface area contributed by atoms with E-state index in [4.69, 9.17) is 11.6 Å². The van der Waals surface area contributed by atoms with Gasteiger partial charge in [-0.3, -0.25) is 9.59 Å². The topological polar surface area (TPSA) is 52.7 Å². The molecule has 0 heterocycles. The summed E-state index contributed by atoms with van der Waals surface area (Å²) in [4.78, 5) is 27.9. The van der Waals surface area contributed by atoms with Gasteiger partial charge in [-0.15, -0.1) is 0 Å². The monoisotopic (exact) mass is 373 g/mol. The molecule has 0 spiro atoms. The number of hydrogen-bond donors (Lipinski definition) is 1. The van der Waals surface area contributed by atoms with Crippen molar-refractivity contribution in [3.63, 3.8) is 0 Å². The fraction of sp³-hybridized carbons (Fsp3) is 0.300.